The van der Waals surface area contributed by atoms with Gasteiger partial charge in [-0.25, -0.2) is 0 Å². The molecular weight excluding hydrogens is 374 g/mol. The average Bonchev–Trinajstić information content (AvgIpc) is 2.72. The maximum Gasteiger partial charge on any atom is 0.254 e. The fourth-order valence-corrected chi connectivity index (χ4v) is 3.46. The molecule has 0 radical (unpaired) electrons. The molecule has 0 aliphatic carbocycles. The normalized spacial score (nSPS) is 13.2. The minimum Gasteiger partial charge on any atom is -0.487 e. The van der Waals surface area contributed by atoms with Crippen LogP contribution < -0.4 is 15.6 Å². The van der Waals surface area contributed by atoms with Crippen molar-refractivity contribution in [3.63, 3.8) is 0 Å². The van der Waals surface area contributed by atoms with E-state index in [-0.39, 0.29) is 5.56 Å². The molecule has 0 amide bonds. The van der Waals surface area contributed by atoms with Crippen molar-refractivity contribution >= 4 is 11.6 Å². The number of benzene rings is 1. The number of halogens is 1. The first-order valence-corrected chi connectivity index (χ1v) is 9.80. The van der Waals surface area contributed by atoms with Gasteiger partial charge in [0.15, 0.2) is 0 Å². The van der Waals surface area contributed by atoms with E-state index in [1.54, 1.807) is 29.1 Å². The number of fused-ring (bicyclic) bond motifs is 1. The summed E-state index contributed by atoms with van der Waals surface area (Å²) in [5, 5.41) is 3.97. The number of pyridine rings is 2. The van der Waals surface area contributed by atoms with Crippen LogP contribution >= 0.6 is 11.6 Å². The predicted molar refractivity (Wildman–Crippen MR) is 110 cm³/mol. The number of nitrogens with zero attached hydrogens (tertiary/aromatic N) is 2. The summed E-state index contributed by atoms with van der Waals surface area (Å²) in [7, 11) is 0. The first-order chi connectivity index (χ1) is 13.7. The van der Waals surface area contributed by atoms with Gasteiger partial charge < -0.3 is 14.6 Å². The summed E-state index contributed by atoms with van der Waals surface area (Å²) in [5.74, 6) is 0.541. The van der Waals surface area contributed by atoms with E-state index in [1.165, 1.54) is 22.8 Å². The van der Waals surface area contributed by atoms with E-state index >= 15 is 0 Å². The molecule has 1 aliphatic heterocycles. The highest BCUT2D eigenvalue weighted by Crippen LogP contribution is 2.17. The molecule has 3 aromatic rings. The van der Waals surface area contributed by atoms with Crippen LogP contribution in [0, 0.1) is 0 Å². The number of hydrogen-bond acceptors (Lipinski definition) is 4. The quantitative estimate of drug-likeness (QED) is 0.695. The number of aromatic nitrogens is 2. The van der Waals surface area contributed by atoms with E-state index in [2.05, 4.69) is 28.5 Å². The molecule has 1 aromatic carbocycles. The lowest BCUT2D eigenvalue weighted by Crippen LogP contribution is -2.23. The lowest BCUT2D eigenvalue weighted by atomic mass is 9.97. The second kappa shape index (κ2) is 8.59. The lowest BCUT2D eigenvalue weighted by Gasteiger charge is -2.18. The van der Waals surface area contributed by atoms with Gasteiger partial charge in [-0.1, -0.05) is 29.8 Å². The first kappa shape index (κ1) is 18.7. The zero-order chi connectivity index (χ0) is 19.3. The van der Waals surface area contributed by atoms with Gasteiger partial charge in [0, 0.05) is 31.5 Å². The van der Waals surface area contributed by atoms with Crippen molar-refractivity contribution in [1.82, 2.24) is 14.9 Å². The monoisotopic (exact) mass is 395 g/mol. The molecule has 1 N–H and O–H groups in total. The van der Waals surface area contributed by atoms with Crippen molar-refractivity contribution in [2.45, 2.75) is 32.5 Å². The van der Waals surface area contributed by atoms with Crippen LogP contribution in [0.4, 0.5) is 0 Å². The SMILES string of the molecule is O=c1cc(OCc2ccc(Cl)cn2)ccn1CCc1ccc2c(c1)CCNC2. The second-order valence-corrected chi connectivity index (χ2v) is 7.37. The van der Waals surface area contributed by atoms with E-state index in [9.17, 15) is 4.79 Å². The third-order valence-corrected chi connectivity index (χ3v) is 5.17. The van der Waals surface area contributed by atoms with Gasteiger partial charge in [-0.15, -0.1) is 0 Å². The molecule has 6 heteroatoms. The Morgan fingerprint density at radius 2 is 2.07 bits per heavy atom. The fraction of sp³-hybridized carbons (Fsp3) is 0.273. The Hall–Kier alpha value is -2.63. The van der Waals surface area contributed by atoms with Crippen LogP contribution in [-0.2, 0) is 32.5 Å². The standard InChI is InChI=1S/C22H22ClN3O2/c23-19-3-4-20(25-14-19)15-28-21-7-10-26(22(27)12-21)9-6-16-1-2-18-13-24-8-5-17(18)11-16/h1-4,7,10-12,14,24H,5-6,8-9,13,15H2. The van der Waals surface area contributed by atoms with E-state index in [4.69, 9.17) is 16.3 Å². The topological polar surface area (TPSA) is 56.1 Å². The summed E-state index contributed by atoms with van der Waals surface area (Å²) < 4.78 is 7.38. The van der Waals surface area contributed by atoms with E-state index in [1.807, 2.05) is 6.07 Å². The largest absolute Gasteiger partial charge is 0.487 e. The van der Waals surface area contributed by atoms with Crippen molar-refractivity contribution in [3.05, 3.63) is 92.6 Å². The Kier molecular flexibility index (Phi) is 5.74. The van der Waals surface area contributed by atoms with Crippen LogP contribution in [0.25, 0.3) is 0 Å². The van der Waals surface area contributed by atoms with Crippen molar-refractivity contribution in [3.8, 4) is 5.75 Å². The number of nitrogens with one attached hydrogen (secondary N) is 1. The van der Waals surface area contributed by atoms with Crippen molar-refractivity contribution in [2.75, 3.05) is 6.54 Å². The van der Waals surface area contributed by atoms with Crippen LogP contribution in [0.3, 0.4) is 0 Å². The van der Waals surface area contributed by atoms with Crippen LogP contribution in [-0.4, -0.2) is 16.1 Å². The van der Waals surface area contributed by atoms with Gasteiger partial charge in [-0.05, 0) is 54.3 Å². The Bertz CT molecular complexity index is 1020. The average molecular weight is 396 g/mol. The van der Waals surface area contributed by atoms with Crippen molar-refractivity contribution in [1.29, 1.82) is 0 Å². The highest BCUT2D eigenvalue weighted by Gasteiger charge is 2.09. The molecule has 3 heterocycles. The van der Waals surface area contributed by atoms with Crippen LogP contribution in [0.1, 0.15) is 22.4 Å². The predicted octanol–water partition coefficient (Wildman–Crippen LogP) is 3.36. The highest BCUT2D eigenvalue weighted by molar-refractivity contribution is 6.30. The maximum absolute atomic E-state index is 12.4. The van der Waals surface area contributed by atoms with Crippen LogP contribution in [0.15, 0.2) is 59.7 Å². The van der Waals surface area contributed by atoms with Crippen LogP contribution in [0.5, 0.6) is 5.75 Å². The Labute approximate surface area is 169 Å². The third-order valence-electron chi connectivity index (χ3n) is 4.94. The molecule has 0 spiro atoms. The summed E-state index contributed by atoms with van der Waals surface area (Å²) in [5.41, 5.74) is 4.76. The molecule has 4 rings (SSSR count). The Morgan fingerprint density at radius 1 is 1.14 bits per heavy atom. The summed E-state index contributed by atoms with van der Waals surface area (Å²) in [6.45, 7) is 2.92. The summed E-state index contributed by atoms with van der Waals surface area (Å²) >= 11 is 5.83. The molecule has 0 bridgehead atoms. The van der Waals surface area contributed by atoms with Crippen LogP contribution in [0.2, 0.25) is 5.02 Å². The van der Waals surface area contributed by atoms with E-state index in [0.717, 1.165) is 31.6 Å². The van der Waals surface area contributed by atoms with Crippen molar-refractivity contribution < 1.29 is 4.74 Å². The molecule has 0 atom stereocenters. The van der Waals surface area contributed by atoms with E-state index < -0.39 is 0 Å². The lowest BCUT2D eigenvalue weighted by molar-refractivity contribution is 0.300. The highest BCUT2D eigenvalue weighted by atomic mass is 35.5. The molecule has 0 fully saturated rings. The minimum absolute atomic E-state index is 0.0660. The molecule has 0 unspecified atom stereocenters. The van der Waals surface area contributed by atoms with Gasteiger partial charge in [0.2, 0.25) is 0 Å². The van der Waals surface area contributed by atoms with Gasteiger partial charge in [-0.2, -0.15) is 0 Å². The van der Waals surface area contributed by atoms with Gasteiger partial charge >= 0.3 is 0 Å². The van der Waals surface area contributed by atoms with Gasteiger partial charge in [0.25, 0.3) is 5.56 Å². The molecule has 144 valence electrons. The third kappa shape index (κ3) is 4.61. The number of hydrogen-bond donors (Lipinski definition) is 1. The molecule has 28 heavy (non-hydrogen) atoms. The Balaban J connectivity index is 1.36. The molecule has 1 aliphatic rings. The fourth-order valence-electron chi connectivity index (χ4n) is 3.35. The van der Waals surface area contributed by atoms with Gasteiger partial charge in [0.05, 0.1) is 10.7 Å². The van der Waals surface area contributed by atoms with Crippen molar-refractivity contribution in [2.24, 2.45) is 0 Å². The number of ether oxygens (including phenoxy) is 1. The van der Waals surface area contributed by atoms with Gasteiger partial charge in [-0.3, -0.25) is 9.78 Å². The summed E-state index contributed by atoms with van der Waals surface area (Å²) in [4.78, 5) is 16.6. The summed E-state index contributed by atoms with van der Waals surface area (Å²) in [6, 6.07) is 13.5. The number of rotatable bonds is 6. The molecular formula is C22H22ClN3O2. The molecule has 0 saturated carbocycles. The summed E-state index contributed by atoms with van der Waals surface area (Å²) in [6.07, 6.45) is 5.26. The second-order valence-electron chi connectivity index (χ2n) is 6.93. The van der Waals surface area contributed by atoms with E-state index in [0.29, 0.717) is 23.9 Å². The molecule has 0 saturated heterocycles. The minimum atomic E-state index is -0.0660. The molecule has 2 aromatic heterocycles. The van der Waals surface area contributed by atoms with Gasteiger partial charge in [0.1, 0.15) is 12.4 Å². The smallest absolute Gasteiger partial charge is 0.254 e. The Morgan fingerprint density at radius 3 is 2.89 bits per heavy atom. The first-order valence-electron chi connectivity index (χ1n) is 9.42. The molecule has 5 nitrogen and oxygen atoms in total. The zero-order valence-electron chi connectivity index (χ0n) is 15.5. The maximum atomic E-state index is 12.4. The zero-order valence-corrected chi connectivity index (χ0v) is 16.3. The number of aryl methyl sites for hydroxylation is 2.